The minimum atomic E-state index is -0.529. The number of halogens is 1. The Hall–Kier alpha value is -4.79. The molecule has 8 nitrogen and oxygen atoms in total. The molecule has 0 amide bonds. The maximum Gasteiger partial charge on any atom is 0.155 e. The Bertz CT molecular complexity index is 1800. The molecular weight excluding hydrogens is 495 g/mol. The van der Waals surface area contributed by atoms with Gasteiger partial charge in [-0.05, 0) is 62.1 Å². The van der Waals surface area contributed by atoms with E-state index in [-0.39, 0.29) is 11.9 Å². The lowest BCUT2D eigenvalue weighted by atomic mass is 9.98. The molecular formula is C30H25FN6O2. The van der Waals surface area contributed by atoms with E-state index in [9.17, 15) is 9.50 Å². The van der Waals surface area contributed by atoms with Crippen LogP contribution in [0.2, 0.25) is 0 Å². The number of nitrogens with zero attached hydrogens (tertiary/aromatic N) is 4. The van der Waals surface area contributed by atoms with Crippen LogP contribution in [0.15, 0.2) is 67.3 Å². The highest BCUT2D eigenvalue weighted by molar-refractivity contribution is 6.00. The van der Waals surface area contributed by atoms with Crippen molar-refractivity contribution in [3.63, 3.8) is 0 Å². The number of ether oxygens (including phenoxy) is 1. The van der Waals surface area contributed by atoms with Gasteiger partial charge in [0.1, 0.15) is 23.0 Å². The van der Waals surface area contributed by atoms with Gasteiger partial charge in [0.05, 0.1) is 23.7 Å². The standard InChI is InChI=1S/C30H25FN6O2/c31-20-8-17(9-21(38)12-20)28-24-13-27(35-26(24)6-7-33-28)29-25-11-19(15-34-30(25)37-36-29)18-10-23(16-32-14-18)39-22-4-2-1-3-5-22/h6-16,22,35,38H,1-5H2,(H,34,36,37). The molecule has 39 heavy (non-hydrogen) atoms. The zero-order valence-electron chi connectivity index (χ0n) is 21.0. The zero-order chi connectivity index (χ0) is 26.3. The highest BCUT2D eigenvalue weighted by Gasteiger charge is 2.18. The second kappa shape index (κ2) is 9.50. The van der Waals surface area contributed by atoms with E-state index in [2.05, 4.69) is 30.1 Å². The Balaban J connectivity index is 1.26. The van der Waals surface area contributed by atoms with E-state index in [4.69, 9.17) is 4.74 Å². The van der Waals surface area contributed by atoms with Crippen LogP contribution in [0, 0.1) is 5.82 Å². The Morgan fingerprint density at radius 2 is 1.72 bits per heavy atom. The number of aromatic nitrogens is 6. The Morgan fingerprint density at radius 3 is 2.59 bits per heavy atom. The van der Waals surface area contributed by atoms with Crippen molar-refractivity contribution in [2.75, 3.05) is 0 Å². The van der Waals surface area contributed by atoms with Crippen molar-refractivity contribution in [1.82, 2.24) is 30.1 Å². The largest absolute Gasteiger partial charge is 0.508 e. The number of phenols is 1. The van der Waals surface area contributed by atoms with E-state index >= 15 is 0 Å². The van der Waals surface area contributed by atoms with Crippen molar-refractivity contribution in [2.24, 2.45) is 0 Å². The van der Waals surface area contributed by atoms with Crippen molar-refractivity contribution in [1.29, 1.82) is 0 Å². The monoisotopic (exact) mass is 520 g/mol. The summed E-state index contributed by atoms with van der Waals surface area (Å²) in [6.45, 7) is 0. The summed E-state index contributed by atoms with van der Waals surface area (Å²) in [6, 6.07) is 11.8. The number of rotatable bonds is 5. The summed E-state index contributed by atoms with van der Waals surface area (Å²) in [6.07, 6.45) is 13.1. The van der Waals surface area contributed by atoms with Gasteiger partial charge in [0.2, 0.25) is 0 Å². The second-order valence-electron chi connectivity index (χ2n) is 9.98. The van der Waals surface area contributed by atoms with E-state index < -0.39 is 5.82 Å². The number of nitrogens with one attached hydrogen (secondary N) is 2. The van der Waals surface area contributed by atoms with Gasteiger partial charge < -0.3 is 14.8 Å². The van der Waals surface area contributed by atoms with E-state index in [1.54, 1.807) is 18.6 Å². The molecule has 1 aromatic carbocycles. The smallest absolute Gasteiger partial charge is 0.155 e. The van der Waals surface area contributed by atoms with Crippen molar-refractivity contribution in [3.8, 4) is 45.3 Å². The molecule has 6 aromatic rings. The van der Waals surface area contributed by atoms with Crippen LogP contribution in [0.3, 0.4) is 0 Å². The van der Waals surface area contributed by atoms with Crippen molar-refractivity contribution in [2.45, 2.75) is 38.2 Å². The summed E-state index contributed by atoms with van der Waals surface area (Å²) in [7, 11) is 0. The molecule has 0 spiro atoms. The molecule has 7 rings (SSSR count). The SMILES string of the molecule is Oc1cc(F)cc(-c2nccc3[nH]c(-c4n[nH]c5ncc(-c6cncc(OC7CCCCC7)c6)cc45)cc23)c1. The molecule has 1 aliphatic carbocycles. The molecule has 1 aliphatic rings. The molecule has 0 unspecified atom stereocenters. The summed E-state index contributed by atoms with van der Waals surface area (Å²) in [5.74, 6) is 0.0873. The molecule has 0 radical (unpaired) electrons. The molecule has 5 heterocycles. The molecule has 0 atom stereocenters. The highest BCUT2D eigenvalue weighted by Crippen LogP contribution is 2.35. The Labute approximate surface area is 222 Å². The number of aromatic hydroxyl groups is 1. The summed E-state index contributed by atoms with van der Waals surface area (Å²) < 4.78 is 20.2. The molecule has 194 valence electrons. The van der Waals surface area contributed by atoms with Gasteiger partial charge in [-0.25, -0.2) is 9.37 Å². The van der Waals surface area contributed by atoms with E-state index in [1.165, 1.54) is 31.4 Å². The minimum absolute atomic E-state index is 0.154. The zero-order valence-corrected chi connectivity index (χ0v) is 21.0. The van der Waals surface area contributed by atoms with Gasteiger partial charge in [0, 0.05) is 57.6 Å². The quantitative estimate of drug-likeness (QED) is 0.231. The van der Waals surface area contributed by atoms with Gasteiger partial charge >= 0.3 is 0 Å². The fourth-order valence-electron chi connectivity index (χ4n) is 5.41. The van der Waals surface area contributed by atoms with E-state index in [0.29, 0.717) is 22.6 Å². The molecule has 1 fully saturated rings. The van der Waals surface area contributed by atoms with E-state index in [0.717, 1.165) is 57.8 Å². The number of H-pyrrole nitrogens is 2. The first-order valence-corrected chi connectivity index (χ1v) is 13.0. The number of benzene rings is 1. The number of aromatic amines is 2. The van der Waals surface area contributed by atoms with E-state index in [1.807, 2.05) is 30.5 Å². The summed E-state index contributed by atoms with van der Waals surface area (Å²) in [5.41, 5.74) is 5.80. The first-order chi connectivity index (χ1) is 19.1. The third-order valence-electron chi connectivity index (χ3n) is 7.28. The van der Waals surface area contributed by atoms with Crippen LogP contribution < -0.4 is 4.74 Å². The van der Waals surface area contributed by atoms with Gasteiger partial charge in [-0.15, -0.1) is 0 Å². The summed E-state index contributed by atoms with van der Waals surface area (Å²) in [4.78, 5) is 16.9. The average molecular weight is 521 g/mol. The minimum Gasteiger partial charge on any atom is -0.508 e. The fraction of sp³-hybridized carbons (Fsp3) is 0.200. The number of hydrogen-bond acceptors (Lipinski definition) is 6. The van der Waals surface area contributed by atoms with Crippen LogP contribution >= 0.6 is 0 Å². The molecule has 0 saturated heterocycles. The van der Waals surface area contributed by atoms with Crippen LogP contribution in [0.1, 0.15) is 32.1 Å². The normalized spacial score (nSPS) is 14.3. The van der Waals surface area contributed by atoms with Crippen LogP contribution in [0.25, 0.3) is 55.7 Å². The van der Waals surface area contributed by atoms with Gasteiger partial charge in [0.15, 0.2) is 5.65 Å². The second-order valence-corrected chi connectivity index (χ2v) is 9.98. The van der Waals surface area contributed by atoms with Crippen molar-refractivity contribution < 1.29 is 14.2 Å². The van der Waals surface area contributed by atoms with Gasteiger partial charge in [0.25, 0.3) is 0 Å². The number of phenolic OH excluding ortho intramolecular Hbond substituents is 1. The third-order valence-corrected chi connectivity index (χ3v) is 7.28. The van der Waals surface area contributed by atoms with Crippen molar-refractivity contribution >= 4 is 21.9 Å². The van der Waals surface area contributed by atoms with Gasteiger partial charge in [-0.2, -0.15) is 5.10 Å². The van der Waals surface area contributed by atoms with Gasteiger partial charge in [-0.1, -0.05) is 6.42 Å². The lowest BCUT2D eigenvalue weighted by Crippen LogP contribution is -2.19. The third kappa shape index (κ3) is 4.46. The summed E-state index contributed by atoms with van der Waals surface area (Å²) >= 11 is 0. The molecule has 1 saturated carbocycles. The predicted molar refractivity (Wildman–Crippen MR) is 147 cm³/mol. The fourth-order valence-corrected chi connectivity index (χ4v) is 5.41. The number of fused-ring (bicyclic) bond motifs is 2. The topological polar surface area (TPSA) is 113 Å². The maximum absolute atomic E-state index is 14.0. The van der Waals surface area contributed by atoms with Crippen LogP contribution in [-0.2, 0) is 0 Å². The first kappa shape index (κ1) is 23.3. The number of pyridine rings is 3. The molecule has 9 heteroatoms. The van der Waals surface area contributed by atoms with Crippen LogP contribution in [-0.4, -0.2) is 41.3 Å². The van der Waals surface area contributed by atoms with Gasteiger partial charge in [-0.3, -0.25) is 15.1 Å². The maximum atomic E-state index is 14.0. The van der Waals surface area contributed by atoms with Crippen LogP contribution in [0.4, 0.5) is 4.39 Å². The lowest BCUT2D eigenvalue weighted by molar-refractivity contribution is 0.154. The lowest BCUT2D eigenvalue weighted by Gasteiger charge is -2.23. The molecule has 5 aromatic heterocycles. The van der Waals surface area contributed by atoms with Crippen LogP contribution in [0.5, 0.6) is 11.5 Å². The Morgan fingerprint density at radius 1 is 0.846 bits per heavy atom. The van der Waals surface area contributed by atoms with Crippen molar-refractivity contribution in [3.05, 3.63) is 73.1 Å². The predicted octanol–water partition coefficient (Wildman–Crippen LogP) is 6.79. The average Bonchev–Trinajstić information content (AvgIpc) is 3.57. The Kier molecular flexibility index (Phi) is 5.69. The number of hydrogen-bond donors (Lipinski definition) is 3. The summed E-state index contributed by atoms with van der Waals surface area (Å²) in [5, 5.41) is 19.1. The highest BCUT2D eigenvalue weighted by atomic mass is 19.1. The molecule has 0 bridgehead atoms. The first-order valence-electron chi connectivity index (χ1n) is 13.0. The molecule has 3 N–H and O–H groups in total. The molecule has 0 aliphatic heterocycles.